The molecule has 0 radical (unpaired) electrons. The first-order chi connectivity index (χ1) is 18.1. The molecule has 3 nitrogen and oxygen atoms in total. The van der Waals surface area contributed by atoms with Crippen LogP contribution in [-0.4, -0.2) is 15.7 Å². The predicted molar refractivity (Wildman–Crippen MR) is 167 cm³/mol. The SMILES string of the molecule is C=C/C=C(\C=C/C)Cn1c(C)c(CNC(=O)c2ccccc2)c(C(C)C)c1SC(C)/C=C(Cl)\C=C(\Cl)C=C. The summed E-state index contributed by atoms with van der Waals surface area (Å²) in [6, 6.07) is 9.30. The number of carbonyl (C=O) groups is 1. The molecule has 0 spiro atoms. The third-order valence-electron chi connectivity index (χ3n) is 5.90. The first kappa shape index (κ1) is 31.6. The van der Waals surface area contributed by atoms with Gasteiger partial charge in [0.15, 0.2) is 0 Å². The molecule has 0 aliphatic carbocycles. The highest BCUT2D eigenvalue weighted by molar-refractivity contribution is 8.00. The summed E-state index contributed by atoms with van der Waals surface area (Å²) in [6.07, 6.45) is 13.2. The Labute approximate surface area is 242 Å². The molecule has 2 aromatic rings. The smallest absolute Gasteiger partial charge is 0.251 e. The van der Waals surface area contributed by atoms with E-state index in [1.807, 2.05) is 61.6 Å². The molecular weight excluding hydrogens is 531 g/mol. The van der Waals surface area contributed by atoms with Crippen LogP contribution in [0.25, 0.3) is 0 Å². The van der Waals surface area contributed by atoms with Gasteiger partial charge in [-0.3, -0.25) is 4.79 Å². The fourth-order valence-corrected chi connectivity index (χ4v) is 6.10. The minimum Gasteiger partial charge on any atom is -0.348 e. The van der Waals surface area contributed by atoms with Gasteiger partial charge < -0.3 is 9.88 Å². The highest BCUT2D eigenvalue weighted by Gasteiger charge is 2.24. The van der Waals surface area contributed by atoms with Crippen molar-refractivity contribution in [1.82, 2.24) is 9.88 Å². The zero-order valence-corrected chi connectivity index (χ0v) is 25.3. The van der Waals surface area contributed by atoms with Crippen molar-refractivity contribution in [3.63, 3.8) is 0 Å². The summed E-state index contributed by atoms with van der Waals surface area (Å²) in [5.74, 6) is 0.160. The predicted octanol–water partition coefficient (Wildman–Crippen LogP) is 9.45. The fraction of sp³-hybridized carbons (Fsp3) is 0.281. The number of amides is 1. The van der Waals surface area contributed by atoms with Crippen molar-refractivity contribution in [3.8, 4) is 0 Å². The van der Waals surface area contributed by atoms with E-state index in [1.54, 1.807) is 23.9 Å². The van der Waals surface area contributed by atoms with E-state index in [0.29, 0.717) is 28.7 Å². The van der Waals surface area contributed by atoms with Crippen LogP contribution in [-0.2, 0) is 13.1 Å². The van der Waals surface area contributed by atoms with Crippen molar-refractivity contribution >= 4 is 40.9 Å². The van der Waals surface area contributed by atoms with Gasteiger partial charge in [-0.2, -0.15) is 0 Å². The van der Waals surface area contributed by atoms with E-state index in [1.165, 1.54) is 5.56 Å². The second-order valence-corrected chi connectivity index (χ2v) is 11.4. The molecule has 0 aliphatic heterocycles. The number of benzene rings is 1. The normalized spacial score (nSPS) is 13.7. The lowest BCUT2D eigenvalue weighted by atomic mass is 10.0. The summed E-state index contributed by atoms with van der Waals surface area (Å²) in [6.45, 7) is 19.3. The topological polar surface area (TPSA) is 34.0 Å². The molecule has 1 aromatic heterocycles. The maximum atomic E-state index is 12.9. The van der Waals surface area contributed by atoms with Crippen molar-refractivity contribution in [3.05, 3.63) is 124 Å². The van der Waals surface area contributed by atoms with Gasteiger partial charge in [0.05, 0.1) is 5.03 Å². The molecule has 0 bridgehead atoms. The van der Waals surface area contributed by atoms with Gasteiger partial charge in [0.2, 0.25) is 0 Å². The van der Waals surface area contributed by atoms with E-state index in [2.05, 4.69) is 56.8 Å². The number of halogens is 2. The van der Waals surface area contributed by atoms with Crippen molar-refractivity contribution < 1.29 is 4.79 Å². The first-order valence-corrected chi connectivity index (χ1v) is 14.3. The molecule has 38 heavy (non-hydrogen) atoms. The maximum absolute atomic E-state index is 12.9. The Morgan fingerprint density at radius 1 is 1.13 bits per heavy atom. The molecule has 0 saturated carbocycles. The van der Waals surface area contributed by atoms with Crippen LogP contribution >= 0.6 is 35.0 Å². The summed E-state index contributed by atoms with van der Waals surface area (Å²) in [5.41, 5.74) is 5.28. The third-order valence-corrected chi connectivity index (χ3v) is 7.57. The van der Waals surface area contributed by atoms with E-state index in [-0.39, 0.29) is 17.1 Å². The Morgan fingerprint density at radius 2 is 1.82 bits per heavy atom. The van der Waals surface area contributed by atoms with Gasteiger partial charge in [-0.25, -0.2) is 0 Å². The fourth-order valence-electron chi connectivity index (χ4n) is 4.16. The largest absolute Gasteiger partial charge is 0.348 e. The number of carbonyl (C=O) groups excluding carboxylic acids is 1. The zero-order valence-electron chi connectivity index (χ0n) is 22.9. The Balaban J connectivity index is 2.57. The van der Waals surface area contributed by atoms with E-state index in [4.69, 9.17) is 23.2 Å². The Kier molecular flexibility index (Phi) is 13.0. The lowest BCUT2D eigenvalue weighted by Gasteiger charge is -2.17. The number of aromatic nitrogens is 1. The zero-order chi connectivity index (χ0) is 28.2. The third kappa shape index (κ3) is 8.97. The lowest BCUT2D eigenvalue weighted by molar-refractivity contribution is 0.0950. The number of nitrogens with zero attached hydrogens (tertiary/aromatic N) is 1. The monoisotopic (exact) mass is 568 g/mol. The Hall–Kier alpha value is -2.66. The minimum absolute atomic E-state index is 0.0684. The second kappa shape index (κ2) is 15.7. The molecule has 0 saturated heterocycles. The number of nitrogens with one attached hydrogen (secondary N) is 1. The highest BCUT2D eigenvalue weighted by atomic mass is 35.5. The van der Waals surface area contributed by atoms with E-state index in [9.17, 15) is 4.79 Å². The lowest BCUT2D eigenvalue weighted by Crippen LogP contribution is -2.23. The molecule has 202 valence electrons. The van der Waals surface area contributed by atoms with Gasteiger partial charge in [-0.15, -0.1) is 11.8 Å². The van der Waals surface area contributed by atoms with Crippen LogP contribution < -0.4 is 5.32 Å². The van der Waals surface area contributed by atoms with Crippen LogP contribution in [0.1, 0.15) is 60.8 Å². The van der Waals surface area contributed by atoms with Crippen LogP contribution in [0.2, 0.25) is 0 Å². The quantitative estimate of drug-likeness (QED) is 0.193. The van der Waals surface area contributed by atoms with Crippen LogP contribution in [0.5, 0.6) is 0 Å². The van der Waals surface area contributed by atoms with Gasteiger partial charge in [0.25, 0.3) is 5.91 Å². The number of rotatable bonds is 13. The van der Waals surface area contributed by atoms with Crippen molar-refractivity contribution in [1.29, 1.82) is 0 Å². The van der Waals surface area contributed by atoms with E-state index < -0.39 is 0 Å². The summed E-state index contributed by atoms with van der Waals surface area (Å²) >= 11 is 14.3. The molecule has 1 aromatic carbocycles. The van der Waals surface area contributed by atoms with Gasteiger partial charge in [0, 0.05) is 39.7 Å². The molecule has 6 heteroatoms. The van der Waals surface area contributed by atoms with Crippen LogP contribution in [0.4, 0.5) is 0 Å². The van der Waals surface area contributed by atoms with Gasteiger partial charge in [-0.1, -0.05) is 105 Å². The molecular formula is C32H38Cl2N2OS. The summed E-state index contributed by atoms with van der Waals surface area (Å²) in [7, 11) is 0. The Bertz CT molecular complexity index is 1250. The van der Waals surface area contributed by atoms with Crippen LogP contribution in [0.3, 0.4) is 0 Å². The van der Waals surface area contributed by atoms with Crippen molar-refractivity contribution in [2.45, 2.75) is 63.9 Å². The average Bonchev–Trinajstić information content (AvgIpc) is 3.13. The molecule has 2 rings (SSSR count). The van der Waals surface area contributed by atoms with Crippen molar-refractivity contribution in [2.24, 2.45) is 0 Å². The first-order valence-electron chi connectivity index (χ1n) is 12.7. The second-order valence-electron chi connectivity index (χ2n) is 9.16. The van der Waals surface area contributed by atoms with E-state index >= 15 is 0 Å². The van der Waals surface area contributed by atoms with Crippen LogP contribution in [0, 0.1) is 6.92 Å². The maximum Gasteiger partial charge on any atom is 0.251 e. The number of hydrogen-bond acceptors (Lipinski definition) is 2. The molecule has 1 unspecified atom stereocenters. The molecule has 0 aliphatic rings. The minimum atomic E-state index is -0.0863. The summed E-state index contributed by atoms with van der Waals surface area (Å²) < 4.78 is 2.34. The number of thioether (sulfide) groups is 1. The molecule has 1 N–H and O–H groups in total. The van der Waals surface area contributed by atoms with Crippen molar-refractivity contribution in [2.75, 3.05) is 0 Å². The standard InChI is InChI=1S/C32H38Cl2N2OS/c1-8-14-25(15-9-2)21-36-24(7)29(20-35-31(37)26-16-12-11-13-17-26)30(22(4)5)32(36)38-23(6)18-28(34)19-27(33)10-3/h8-19,22-23H,1,3,20-21H2,2,4-7H3,(H,35,37)/b15-9-,25-14+,27-19+,28-18+. The Morgan fingerprint density at radius 3 is 2.39 bits per heavy atom. The molecule has 1 atom stereocenters. The van der Waals surface area contributed by atoms with Gasteiger partial charge >= 0.3 is 0 Å². The van der Waals surface area contributed by atoms with Gasteiger partial charge in [-0.05, 0) is 61.6 Å². The number of allylic oxidation sites excluding steroid dienone is 9. The molecule has 0 fully saturated rings. The average molecular weight is 570 g/mol. The highest BCUT2D eigenvalue weighted by Crippen LogP contribution is 2.39. The van der Waals surface area contributed by atoms with E-state index in [0.717, 1.165) is 21.9 Å². The number of hydrogen-bond donors (Lipinski definition) is 1. The summed E-state index contributed by atoms with van der Waals surface area (Å²) in [4.78, 5) is 12.9. The van der Waals surface area contributed by atoms with Crippen LogP contribution in [0.15, 0.2) is 107 Å². The van der Waals surface area contributed by atoms with Gasteiger partial charge in [0.1, 0.15) is 0 Å². The molecule has 1 amide bonds. The summed E-state index contributed by atoms with van der Waals surface area (Å²) in [5, 5.41) is 5.42. The molecule has 1 heterocycles.